The standard InChI is InChI=1S/C5H7N3O3/c1-7-3(4(9)10)6-8(2)5(7)11/h1-2H3,(H,9,10). The molecule has 0 radical (unpaired) electrons. The van der Waals surface area contributed by atoms with Gasteiger partial charge in [-0.1, -0.05) is 0 Å². The molecule has 0 aromatic carbocycles. The van der Waals surface area contributed by atoms with Crippen LogP contribution in [0.3, 0.4) is 0 Å². The lowest BCUT2D eigenvalue weighted by Crippen LogP contribution is -2.21. The molecule has 60 valence electrons. The van der Waals surface area contributed by atoms with E-state index in [-0.39, 0.29) is 5.82 Å². The lowest BCUT2D eigenvalue weighted by Gasteiger charge is -1.87. The molecule has 6 nitrogen and oxygen atoms in total. The van der Waals surface area contributed by atoms with E-state index >= 15 is 0 Å². The van der Waals surface area contributed by atoms with Crippen LogP contribution in [0.1, 0.15) is 10.6 Å². The second kappa shape index (κ2) is 2.22. The SMILES string of the molecule is Cn1nc(C(=O)O)n(C)c1=O. The fourth-order valence-corrected chi connectivity index (χ4v) is 0.746. The van der Waals surface area contributed by atoms with Gasteiger partial charge in [0.25, 0.3) is 0 Å². The van der Waals surface area contributed by atoms with Crippen LogP contribution in [0.25, 0.3) is 0 Å². The molecule has 1 aromatic rings. The Kier molecular flexibility index (Phi) is 1.52. The van der Waals surface area contributed by atoms with Gasteiger partial charge in [-0.3, -0.25) is 4.57 Å². The Morgan fingerprint density at radius 1 is 1.55 bits per heavy atom. The maximum atomic E-state index is 10.9. The van der Waals surface area contributed by atoms with Gasteiger partial charge in [-0.05, 0) is 0 Å². The Balaban J connectivity index is 3.42. The van der Waals surface area contributed by atoms with Crippen LogP contribution in [0.5, 0.6) is 0 Å². The summed E-state index contributed by atoms with van der Waals surface area (Å²) in [6.07, 6.45) is 0. The van der Waals surface area contributed by atoms with Gasteiger partial charge in [-0.25, -0.2) is 14.3 Å². The Morgan fingerprint density at radius 2 is 2.09 bits per heavy atom. The third-order valence-electron chi connectivity index (χ3n) is 1.32. The van der Waals surface area contributed by atoms with E-state index in [0.29, 0.717) is 0 Å². The van der Waals surface area contributed by atoms with Crippen molar-refractivity contribution in [2.24, 2.45) is 14.1 Å². The van der Waals surface area contributed by atoms with Crippen molar-refractivity contribution in [2.75, 3.05) is 0 Å². The molecule has 1 N–H and O–H groups in total. The minimum absolute atomic E-state index is 0.252. The summed E-state index contributed by atoms with van der Waals surface area (Å²) in [4.78, 5) is 21.2. The van der Waals surface area contributed by atoms with Gasteiger partial charge in [-0.2, -0.15) is 0 Å². The molecule has 0 spiro atoms. The summed E-state index contributed by atoms with van der Waals surface area (Å²) in [5.41, 5.74) is -0.442. The summed E-state index contributed by atoms with van der Waals surface area (Å²) >= 11 is 0. The first-order valence-corrected chi connectivity index (χ1v) is 2.87. The smallest absolute Gasteiger partial charge is 0.374 e. The molecule has 1 rings (SSSR count). The minimum Gasteiger partial charge on any atom is -0.475 e. The lowest BCUT2D eigenvalue weighted by molar-refractivity contribution is 0.0678. The Bertz CT molecular complexity index is 348. The van der Waals surface area contributed by atoms with Crippen LogP contribution in [0.15, 0.2) is 4.79 Å². The normalized spacial score (nSPS) is 10.0. The van der Waals surface area contributed by atoms with Gasteiger partial charge < -0.3 is 5.11 Å². The molecule has 11 heavy (non-hydrogen) atoms. The maximum absolute atomic E-state index is 10.9. The van der Waals surface area contributed by atoms with Crippen molar-refractivity contribution in [2.45, 2.75) is 0 Å². The third kappa shape index (κ3) is 1.02. The fourth-order valence-electron chi connectivity index (χ4n) is 0.746. The van der Waals surface area contributed by atoms with E-state index in [9.17, 15) is 9.59 Å². The van der Waals surface area contributed by atoms with Crippen molar-refractivity contribution in [1.82, 2.24) is 14.3 Å². The number of rotatable bonds is 1. The minimum atomic E-state index is -1.20. The largest absolute Gasteiger partial charge is 0.475 e. The number of aryl methyl sites for hydroxylation is 1. The van der Waals surface area contributed by atoms with Crippen molar-refractivity contribution in [3.63, 3.8) is 0 Å². The molecule has 0 aliphatic carbocycles. The number of carbonyl (C=O) groups is 1. The first-order chi connectivity index (χ1) is 5.04. The molecule has 1 aromatic heterocycles. The molecular formula is C5H7N3O3. The van der Waals surface area contributed by atoms with Gasteiger partial charge in [0.2, 0.25) is 5.82 Å². The van der Waals surface area contributed by atoms with Gasteiger partial charge >= 0.3 is 11.7 Å². The van der Waals surface area contributed by atoms with Crippen LogP contribution in [-0.4, -0.2) is 25.4 Å². The lowest BCUT2D eigenvalue weighted by atomic mass is 10.6. The zero-order chi connectivity index (χ0) is 8.59. The summed E-state index contributed by atoms with van der Waals surface area (Å²) < 4.78 is 1.95. The summed E-state index contributed by atoms with van der Waals surface area (Å²) in [7, 11) is 2.76. The van der Waals surface area contributed by atoms with E-state index in [4.69, 9.17) is 5.11 Å². The predicted molar refractivity (Wildman–Crippen MR) is 35.4 cm³/mol. The molecule has 1 heterocycles. The van der Waals surface area contributed by atoms with Gasteiger partial charge in [0, 0.05) is 14.1 Å². The average molecular weight is 157 g/mol. The molecular weight excluding hydrogens is 150 g/mol. The zero-order valence-corrected chi connectivity index (χ0v) is 6.11. The molecule has 0 saturated heterocycles. The predicted octanol–water partition coefficient (Wildman–Crippen LogP) is -1.18. The van der Waals surface area contributed by atoms with E-state index in [1.165, 1.54) is 14.1 Å². The summed E-state index contributed by atoms with van der Waals surface area (Å²) in [6.45, 7) is 0. The first-order valence-electron chi connectivity index (χ1n) is 2.87. The quantitative estimate of drug-likeness (QED) is 0.556. The fraction of sp³-hybridized carbons (Fsp3) is 0.400. The molecule has 0 atom stereocenters. The summed E-state index contributed by atoms with van der Waals surface area (Å²) in [5, 5.41) is 11.9. The van der Waals surface area contributed by atoms with E-state index < -0.39 is 11.7 Å². The zero-order valence-electron chi connectivity index (χ0n) is 6.11. The van der Waals surface area contributed by atoms with Crippen LogP contribution in [-0.2, 0) is 14.1 Å². The Labute approximate surface area is 61.7 Å². The van der Waals surface area contributed by atoms with Crippen LogP contribution in [0, 0.1) is 0 Å². The van der Waals surface area contributed by atoms with Gasteiger partial charge in [-0.15, -0.1) is 5.10 Å². The number of hydrogen-bond donors (Lipinski definition) is 1. The van der Waals surface area contributed by atoms with Crippen molar-refractivity contribution in [3.05, 3.63) is 16.3 Å². The van der Waals surface area contributed by atoms with E-state index in [0.717, 1.165) is 9.25 Å². The highest BCUT2D eigenvalue weighted by atomic mass is 16.4. The number of aromatic nitrogens is 3. The van der Waals surface area contributed by atoms with Gasteiger partial charge in [0.1, 0.15) is 0 Å². The summed E-state index contributed by atoms with van der Waals surface area (Å²) in [5.74, 6) is -1.46. The Morgan fingerprint density at radius 3 is 2.27 bits per heavy atom. The number of aromatic carboxylic acids is 1. The number of carboxylic acids is 1. The highest BCUT2D eigenvalue weighted by Gasteiger charge is 2.13. The third-order valence-corrected chi connectivity index (χ3v) is 1.32. The Hall–Kier alpha value is -1.59. The summed E-state index contributed by atoms with van der Waals surface area (Å²) in [6, 6.07) is 0. The first kappa shape index (κ1) is 7.52. The van der Waals surface area contributed by atoms with E-state index in [1.54, 1.807) is 0 Å². The van der Waals surface area contributed by atoms with E-state index in [1.807, 2.05) is 0 Å². The highest BCUT2D eigenvalue weighted by molar-refractivity contribution is 5.83. The van der Waals surface area contributed by atoms with Crippen LogP contribution in [0.2, 0.25) is 0 Å². The van der Waals surface area contributed by atoms with Crippen LogP contribution >= 0.6 is 0 Å². The average Bonchev–Trinajstić information content (AvgIpc) is 2.17. The van der Waals surface area contributed by atoms with Gasteiger partial charge in [0.15, 0.2) is 0 Å². The number of carboxylic acid groups (broad SMARTS) is 1. The highest BCUT2D eigenvalue weighted by Crippen LogP contribution is 1.86. The topological polar surface area (TPSA) is 77.1 Å². The molecule has 0 unspecified atom stereocenters. The molecule has 0 saturated carbocycles. The van der Waals surface area contributed by atoms with E-state index in [2.05, 4.69) is 5.10 Å². The number of nitrogens with zero attached hydrogens (tertiary/aromatic N) is 3. The van der Waals surface area contributed by atoms with Crippen LogP contribution in [0.4, 0.5) is 0 Å². The molecule has 0 fully saturated rings. The monoisotopic (exact) mass is 157 g/mol. The van der Waals surface area contributed by atoms with Crippen molar-refractivity contribution >= 4 is 5.97 Å². The molecule has 0 aliphatic heterocycles. The number of hydrogen-bond acceptors (Lipinski definition) is 3. The molecule has 0 aliphatic rings. The molecule has 0 bridgehead atoms. The second-order valence-electron chi connectivity index (χ2n) is 2.09. The van der Waals surface area contributed by atoms with Crippen molar-refractivity contribution < 1.29 is 9.90 Å². The molecule has 0 amide bonds. The molecule has 6 heteroatoms. The van der Waals surface area contributed by atoms with Gasteiger partial charge in [0.05, 0.1) is 0 Å². The second-order valence-corrected chi connectivity index (χ2v) is 2.09. The van der Waals surface area contributed by atoms with Crippen molar-refractivity contribution in [3.8, 4) is 0 Å². The van der Waals surface area contributed by atoms with Crippen LogP contribution < -0.4 is 5.69 Å². The maximum Gasteiger partial charge on any atom is 0.374 e. The van der Waals surface area contributed by atoms with Crippen molar-refractivity contribution in [1.29, 1.82) is 0 Å².